The van der Waals surface area contributed by atoms with Crippen LogP contribution in [0.15, 0.2) is 47.9 Å². The third kappa shape index (κ3) is 4.02. The molecule has 0 saturated heterocycles. The maximum absolute atomic E-state index is 5.76. The summed E-state index contributed by atoms with van der Waals surface area (Å²) in [5.41, 5.74) is 6.99. The molecule has 2 N–H and O–H groups in total. The second-order valence-corrected chi connectivity index (χ2v) is 6.36. The van der Waals surface area contributed by atoms with Crippen LogP contribution in [-0.4, -0.2) is 38.6 Å². The van der Waals surface area contributed by atoms with Gasteiger partial charge < -0.3 is 15.2 Å². The molecule has 0 atom stereocenters. The summed E-state index contributed by atoms with van der Waals surface area (Å²) < 4.78 is 2.11. The van der Waals surface area contributed by atoms with Gasteiger partial charge in [-0.3, -0.25) is 0 Å². The molecule has 0 unspecified atom stereocenters. The Morgan fingerprint density at radius 2 is 1.92 bits per heavy atom. The molecule has 2 heterocycles. The van der Waals surface area contributed by atoms with Gasteiger partial charge in [-0.1, -0.05) is 42.1 Å². The van der Waals surface area contributed by atoms with Crippen molar-refractivity contribution >= 4 is 23.7 Å². The lowest BCUT2D eigenvalue weighted by Gasteiger charge is -2.11. The second-order valence-electron chi connectivity index (χ2n) is 5.42. The van der Waals surface area contributed by atoms with Crippen molar-refractivity contribution in [1.29, 1.82) is 0 Å². The number of anilines is 2. The van der Waals surface area contributed by atoms with E-state index >= 15 is 0 Å². The minimum Gasteiger partial charge on any atom is -0.368 e. The summed E-state index contributed by atoms with van der Waals surface area (Å²) in [6.07, 6.45) is 3.78. The molecule has 0 spiro atoms. The van der Waals surface area contributed by atoms with E-state index in [4.69, 9.17) is 5.73 Å². The van der Waals surface area contributed by atoms with E-state index in [-0.39, 0.29) is 5.95 Å². The summed E-state index contributed by atoms with van der Waals surface area (Å²) in [4.78, 5) is 18.9. The third-order valence-corrected chi connectivity index (χ3v) is 4.29. The molecule has 0 radical (unpaired) electrons. The maximum atomic E-state index is 5.76. The maximum Gasteiger partial charge on any atom is 0.229 e. The minimum atomic E-state index is 0.233. The van der Waals surface area contributed by atoms with Gasteiger partial charge in [0.05, 0.1) is 5.75 Å². The Morgan fingerprint density at radius 3 is 2.67 bits per heavy atom. The lowest BCUT2D eigenvalue weighted by molar-refractivity contribution is 0.708. The molecule has 24 heavy (non-hydrogen) atoms. The van der Waals surface area contributed by atoms with Crippen molar-refractivity contribution in [2.45, 2.75) is 17.5 Å². The summed E-state index contributed by atoms with van der Waals surface area (Å²) in [5, 5.41) is 0.921. The van der Waals surface area contributed by atoms with Gasteiger partial charge in [-0.25, -0.2) is 4.98 Å². The first-order valence-corrected chi connectivity index (χ1v) is 8.46. The summed E-state index contributed by atoms with van der Waals surface area (Å²) in [6.45, 7) is 0.783. The zero-order valence-corrected chi connectivity index (χ0v) is 14.4. The van der Waals surface area contributed by atoms with Gasteiger partial charge >= 0.3 is 0 Å². The number of hydrogen-bond acceptors (Lipinski definition) is 7. The number of benzene rings is 1. The number of nitrogens with two attached hydrogens (primary N) is 1. The first-order valence-electron chi connectivity index (χ1n) is 7.47. The fraction of sp³-hybridized carbons (Fsp3) is 0.250. The molecule has 0 aliphatic carbocycles. The van der Waals surface area contributed by atoms with E-state index in [9.17, 15) is 0 Å². The van der Waals surface area contributed by atoms with Gasteiger partial charge in [0.25, 0.3) is 0 Å². The van der Waals surface area contributed by atoms with Gasteiger partial charge in [0.1, 0.15) is 5.82 Å². The molecule has 0 aliphatic rings. The van der Waals surface area contributed by atoms with Crippen molar-refractivity contribution in [1.82, 2.24) is 24.5 Å². The van der Waals surface area contributed by atoms with Gasteiger partial charge in [0.2, 0.25) is 11.9 Å². The number of hydrogen-bond donors (Lipinski definition) is 1. The van der Waals surface area contributed by atoms with Crippen LogP contribution in [0.25, 0.3) is 0 Å². The number of aromatic nitrogens is 5. The van der Waals surface area contributed by atoms with E-state index in [0.29, 0.717) is 17.5 Å². The average Bonchev–Trinajstić information content (AvgIpc) is 3.00. The second kappa shape index (κ2) is 7.31. The lowest BCUT2D eigenvalue weighted by Crippen LogP contribution is -2.16. The standard InChI is InChI=1S/C16H19N7S/c1-22(2)15-20-13(19-14(17)21-15)11-24-16-18-8-9-23(16)10-12-6-4-3-5-7-12/h3-9H,10-11H2,1-2H3,(H2,17,19,20,21). The van der Waals surface area contributed by atoms with Gasteiger partial charge in [-0.2, -0.15) is 15.0 Å². The Kier molecular flexibility index (Phi) is 4.95. The summed E-state index contributed by atoms with van der Waals surface area (Å²) in [5.74, 6) is 2.02. The molecule has 0 amide bonds. The Morgan fingerprint density at radius 1 is 1.12 bits per heavy atom. The van der Waals surface area contributed by atoms with E-state index < -0.39 is 0 Å². The van der Waals surface area contributed by atoms with Crippen molar-refractivity contribution in [2.24, 2.45) is 0 Å². The Bertz CT molecular complexity index is 801. The number of rotatable bonds is 6. The van der Waals surface area contributed by atoms with Gasteiger partial charge in [0.15, 0.2) is 5.16 Å². The van der Waals surface area contributed by atoms with Crippen LogP contribution in [0, 0.1) is 0 Å². The van der Waals surface area contributed by atoms with Crippen LogP contribution in [0.5, 0.6) is 0 Å². The van der Waals surface area contributed by atoms with Crippen molar-refractivity contribution in [3.8, 4) is 0 Å². The fourth-order valence-electron chi connectivity index (χ4n) is 2.15. The molecule has 0 fully saturated rings. The van der Waals surface area contributed by atoms with Crippen LogP contribution in [0.4, 0.5) is 11.9 Å². The molecule has 0 aliphatic heterocycles. The zero-order chi connectivity index (χ0) is 16.9. The highest BCUT2D eigenvalue weighted by molar-refractivity contribution is 7.98. The largest absolute Gasteiger partial charge is 0.368 e. The third-order valence-electron chi connectivity index (χ3n) is 3.29. The molecule has 3 rings (SSSR count). The molecule has 2 aromatic heterocycles. The van der Waals surface area contributed by atoms with Crippen LogP contribution < -0.4 is 10.6 Å². The molecule has 3 aromatic rings. The molecular weight excluding hydrogens is 322 g/mol. The number of nitrogens with zero attached hydrogens (tertiary/aromatic N) is 6. The Hall–Kier alpha value is -2.61. The average molecular weight is 341 g/mol. The van der Waals surface area contributed by atoms with Crippen LogP contribution in [0.2, 0.25) is 0 Å². The molecule has 124 valence electrons. The first-order chi connectivity index (χ1) is 11.6. The highest BCUT2D eigenvalue weighted by atomic mass is 32.2. The highest BCUT2D eigenvalue weighted by Gasteiger charge is 2.09. The van der Waals surface area contributed by atoms with E-state index in [1.165, 1.54) is 5.56 Å². The SMILES string of the molecule is CN(C)c1nc(N)nc(CSc2nccn2Cc2ccccc2)n1. The summed E-state index contributed by atoms with van der Waals surface area (Å²) in [6, 6.07) is 10.3. The smallest absolute Gasteiger partial charge is 0.229 e. The normalized spacial score (nSPS) is 10.8. The van der Waals surface area contributed by atoms with Crippen LogP contribution in [0.1, 0.15) is 11.4 Å². The van der Waals surface area contributed by atoms with E-state index in [2.05, 4.69) is 36.6 Å². The van der Waals surface area contributed by atoms with Crippen LogP contribution in [0.3, 0.4) is 0 Å². The van der Waals surface area contributed by atoms with Crippen molar-refractivity contribution in [2.75, 3.05) is 24.7 Å². The topological polar surface area (TPSA) is 85.8 Å². The number of thioether (sulfide) groups is 1. The molecule has 0 saturated carbocycles. The summed E-state index contributed by atoms with van der Waals surface area (Å²) in [7, 11) is 3.75. The Balaban J connectivity index is 1.71. The van der Waals surface area contributed by atoms with Crippen LogP contribution >= 0.6 is 11.8 Å². The highest BCUT2D eigenvalue weighted by Crippen LogP contribution is 2.21. The lowest BCUT2D eigenvalue weighted by atomic mass is 10.2. The quantitative estimate of drug-likeness (QED) is 0.687. The predicted molar refractivity (Wildman–Crippen MR) is 95.9 cm³/mol. The minimum absolute atomic E-state index is 0.233. The zero-order valence-electron chi connectivity index (χ0n) is 13.6. The van der Waals surface area contributed by atoms with E-state index in [0.717, 1.165) is 11.7 Å². The number of imidazole rings is 1. The summed E-state index contributed by atoms with van der Waals surface area (Å²) >= 11 is 1.58. The predicted octanol–water partition coefficient (Wildman–Crippen LogP) is 2.06. The molecule has 0 bridgehead atoms. The first kappa shape index (κ1) is 16.3. The Labute approximate surface area is 145 Å². The van der Waals surface area contributed by atoms with Crippen molar-refractivity contribution in [3.63, 3.8) is 0 Å². The van der Waals surface area contributed by atoms with Crippen molar-refractivity contribution in [3.05, 3.63) is 54.1 Å². The van der Waals surface area contributed by atoms with Crippen molar-refractivity contribution < 1.29 is 0 Å². The molecule has 7 nitrogen and oxygen atoms in total. The fourth-order valence-corrected chi connectivity index (χ4v) is 2.97. The monoisotopic (exact) mass is 341 g/mol. The van der Waals surface area contributed by atoms with E-state index in [1.54, 1.807) is 18.0 Å². The van der Waals surface area contributed by atoms with E-state index in [1.807, 2.05) is 43.4 Å². The number of nitrogen functional groups attached to an aromatic ring is 1. The van der Waals surface area contributed by atoms with Crippen LogP contribution in [-0.2, 0) is 12.3 Å². The molecule has 8 heteroatoms. The van der Waals surface area contributed by atoms with Gasteiger partial charge in [-0.05, 0) is 5.56 Å². The molecular formula is C16H19N7S. The van der Waals surface area contributed by atoms with Gasteiger partial charge in [0, 0.05) is 33.0 Å². The molecule has 1 aromatic carbocycles. The van der Waals surface area contributed by atoms with Gasteiger partial charge in [-0.15, -0.1) is 0 Å².